The van der Waals surface area contributed by atoms with Crippen LogP contribution in [0.5, 0.6) is 0 Å². The Morgan fingerprint density at radius 1 is 1.25 bits per heavy atom. The van der Waals surface area contributed by atoms with Crippen molar-refractivity contribution in [3.05, 3.63) is 53.2 Å². The summed E-state index contributed by atoms with van der Waals surface area (Å²) >= 11 is 0. The summed E-state index contributed by atoms with van der Waals surface area (Å²) in [4.78, 5) is 16.5. The highest BCUT2D eigenvalue weighted by Crippen LogP contribution is 2.15. The SMILES string of the molecule is CCc1cccc(NC(=O)c2cc(C)nc(NC)c2)c1. The molecule has 1 amide bonds. The molecule has 0 bridgehead atoms. The molecule has 0 spiro atoms. The highest BCUT2D eigenvalue weighted by Gasteiger charge is 2.08. The van der Waals surface area contributed by atoms with Crippen LogP contribution in [0.3, 0.4) is 0 Å². The monoisotopic (exact) mass is 269 g/mol. The molecule has 2 rings (SSSR count). The predicted octanol–water partition coefficient (Wildman–Crippen LogP) is 3.25. The Balaban J connectivity index is 2.21. The first-order valence-electron chi connectivity index (χ1n) is 6.69. The second-order valence-corrected chi connectivity index (χ2v) is 4.64. The quantitative estimate of drug-likeness (QED) is 0.895. The Kier molecular flexibility index (Phi) is 4.35. The zero-order chi connectivity index (χ0) is 14.5. The minimum atomic E-state index is -0.125. The summed E-state index contributed by atoms with van der Waals surface area (Å²) in [6, 6.07) is 11.4. The highest BCUT2D eigenvalue weighted by molar-refractivity contribution is 6.04. The van der Waals surface area contributed by atoms with Crippen molar-refractivity contribution in [2.75, 3.05) is 17.7 Å². The van der Waals surface area contributed by atoms with Gasteiger partial charge in [0.05, 0.1) is 0 Å². The van der Waals surface area contributed by atoms with Crippen LogP contribution >= 0.6 is 0 Å². The maximum atomic E-state index is 12.3. The van der Waals surface area contributed by atoms with Crippen LogP contribution in [0.4, 0.5) is 11.5 Å². The van der Waals surface area contributed by atoms with Gasteiger partial charge < -0.3 is 10.6 Å². The Morgan fingerprint density at radius 2 is 2.05 bits per heavy atom. The summed E-state index contributed by atoms with van der Waals surface area (Å²) in [6.07, 6.45) is 0.946. The molecule has 2 N–H and O–H groups in total. The van der Waals surface area contributed by atoms with Crippen molar-refractivity contribution in [1.29, 1.82) is 0 Å². The Labute approximate surface area is 119 Å². The van der Waals surface area contributed by atoms with Crippen molar-refractivity contribution >= 4 is 17.4 Å². The molecule has 0 aliphatic carbocycles. The zero-order valence-electron chi connectivity index (χ0n) is 12.0. The number of amides is 1. The third kappa shape index (κ3) is 3.35. The number of carbonyl (C=O) groups excluding carboxylic acids is 1. The van der Waals surface area contributed by atoms with E-state index in [4.69, 9.17) is 0 Å². The van der Waals surface area contributed by atoms with Gasteiger partial charge in [-0.05, 0) is 43.2 Å². The number of aromatic nitrogens is 1. The fraction of sp³-hybridized carbons (Fsp3) is 0.250. The van der Waals surface area contributed by atoms with E-state index < -0.39 is 0 Å². The van der Waals surface area contributed by atoms with Crippen LogP contribution in [0.15, 0.2) is 36.4 Å². The van der Waals surface area contributed by atoms with Gasteiger partial charge in [0.2, 0.25) is 0 Å². The first-order chi connectivity index (χ1) is 9.62. The molecule has 0 aliphatic rings. The summed E-state index contributed by atoms with van der Waals surface area (Å²) in [5, 5.41) is 5.87. The molecule has 4 nitrogen and oxygen atoms in total. The van der Waals surface area contributed by atoms with Gasteiger partial charge in [-0.3, -0.25) is 4.79 Å². The van der Waals surface area contributed by atoms with Gasteiger partial charge in [-0.2, -0.15) is 0 Å². The number of anilines is 2. The van der Waals surface area contributed by atoms with Crippen LogP contribution in [0.2, 0.25) is 0 Å². The van der Waals surface area contributed by atoms with Gasteiger partial charge in [-0.15, -0.1) is 0 Å². The van der Waals surface area contributed by atoms with Crippen molar-refractivity contribution in [1.82, 2.24) is 4.98 Å². The molecule has 20 heavy (non-hydrogen) atoms. The molecule has 4 heteroatoms. The van der Waals surface area contributed by atoms with Crippen LogP contribution in [0, 0.1) is 6.92 Å². The number of rotatable bonds is 4. The van der Waals surface area contributed by atoms with Crippen LogP contribution in [0.25, 0.3) is 0 Å². The maximum Gasteiger partial charge on any atom is 0.255 e. The lowest BCUT2D eigenvalue weighted by Gasteiger charge is -2.09. The van der Waals surface area contributed by atoms with Crippen molar-refractivity contribution < 1.29 is 4.79 Å². The molecule has 0 saturated carbocycles. The minimum Gasteiger partial charge on any atom is -0.373 e. The summed E-state index contributed by atoms with van der Waals surface area (Å²) < 4.78 is 0. The number of benzene rings is 1. The van der Waals surface area contributed by atoms with Gasteiger partial charge in [0.25, 0.3) is 5.91 Å². The van der Waals surface area contributed by atoms with Crippen molar-refractivity contribution in [3.8, 4) is 0 Å². The maximum absolute atomic E-state index is 12.3. The average molecular weight is 269 g/mol. The van der Waals surface area contributed by atoms with Crippen LogP contribution in [0.1, 0.15) is 28.5 Å². The molecule has 0 radical (unpaired) electrons. The van der Waals surface area contributed by atoms with Crippen molar-refractivity contribution in [2.45, 2.75) is 20.3 Å². The van der Waals surface area contributed by atoms with Crippen molar-refractivity contribution in [3.63, 3.8) is 0 Å². The zero-order valence-corrected chi connectivity index (χ0v) is 12.0. The highest BCUT2D eigenvalue weighted by atomic mass is 16.1. The Hall–Kier alpha value is -2.36. The van der Waals surface area contributed by atoms with E-state index in [0.717, 1.165) is 17.8 Å². The molecule has 0 aliphatic heterocycles. The number of hydrogen-bond donors (Lipinski definition) is 2. The third-order valence-corrected chi connectivity index (χ3v) is 3.06. The van der Waals surface area contributed by atoms with Crippen LogP contribution < -0.4 is 10.6 Å². The average Bonchev–Trinajstić information content (AvgIpc) is 2.46. The molecule has 104 valence electrons. The molecule has 0 unspecified atom stereocenters. The second kappa shape index (κ2) is 6.19. The van der Waals surface area contributed by atoms with E-state index in [0.29, 0.717) is 11.4 Å². The topological polar surface area (TPSA) is 54.0 Å². The van der Waals surface area contributed by atoms with Gasteiger partial charge in [0.15, 0.2) is 0 Å². The summed E-state index contributed by atoms with van der Waals surface area (Å²) in [5.74, 6) is 0.567. The van der Waals surface area contributed by atoms with E-state index in [1.165, 1.54) is 5.56 Å². The predicted molar refractivity (Wildman–Crippen MR) is 82.3 cm³/mol. The molecule has 0 atom stereocenters. The van der Waals surface area contributed by atoms with E-state index >= 15 is 0 Å². The van der Waals surface area contributed by atoms with E-state index in [-0.39, 0.29) is 5.91 Å². The van der Waals surface area contributed by atoms with Gasteiger partial charge in [-0.1, -0.05) is 19.1 Å². The molecule has 1 aromatic carbocycles. The summed E-state index contributed by atoms with van der Waals surface area (Å²) in [6.45, 7) is 3.96. The standard InChI is InChI=1S/C16H19N3O/c1-4-12-6-5-7-14(9-12)19-16(20)13-8-11(2)18-15(10-13)17-3/h5-10H,4H2,1-3H3,(H,17,18)(H,19,20). The summed E-state index contributed by atoms with van der Waals surface area (Å²) in [7, 11) is 1.79. The Morgan fingerprint density at radius 3 is 2.75 bits per heavy atom. The van der Waals surface area contributed by atoms with Gasteiger partial charge >= 0.3 is 0 Å². The van der Waals surface area contributed by atoms with Crippen molar-refractivity contribution in [2.24, 2.45) is 0 Å². The van der Waals surface area contributed by atoms with Gasteiger partial charge in [0, 0.05) is 24.0 Å². The number of pyridine rings is 1. The van der Waals surface area contributed by atoms with E-state index in [1.54, 1.807) is 19.2 Å². The smallest absolute Gasteiger partial charge is 0.255 e. The lowest BCUT2D eigenvalue weighted by molar-refractivity contribution is 0.102. The molecular weight excluding hydrogens is 250 g/mol. The van der Waals surface area contributed by atoms with Crippen LogP contribution in [-0.2, 0) is 6.42 Å². The molecule has 0 fully saturated rings. The number of carbonyl (C=O) groups is 1. The van der Waals surface area contributed by atoms with Gasteiger partial charge in [0.1, 0.15) is 5.82 Å². The molecular formula is C16H19N3O. The fourth-order valence-corrected chi connectivity index (χ4v) is 2.00. The number of nitrogens with one attached hydrogen (secondary N) is 2. The molecule has 2 aromatic rings. The van der Waals surface area contributed by atoms with Crippen LogP contribution in [-0.4, -0.2) is 17.9 Å². The lowest BCUT2D eigenvalue weighted by Crippen LogP contribution is -2.13. The summed E-state index contributed by atoms with van der Waals surface area (Å²) in [5.41, 5.74) is 3.42. The normalized spacial score (nSPS) is 10.2. The lowest BCUT2D eigenvalue weighted by atomic mass is 10.1. The van der Waals surface area contributed by atoms with E-state index in [2.05, 4.69) is 22.5 Å². The number of aryl methyl sites for hydroxylation is 2. The van der Waals surface area contributed by atoms with E-state index in [9.17, 15) is 4.79 Å². The van der Waals surface area contributed by atoms with Gasteiger partial charge in [-0.25, -0.2) is 4.98 Å². The second-order valence-electron chi connectivity index (χ2n) is 4.64. The number of hydrogen-bond acceptors (Lipinski definition) is 3. The minimum absolute atomic E-state index is 0.125. The molecule has 1 aromatic heterocycles. The third-order valence-electron chi connectivity index (χ3n) is 3.06. The largest absolute Gasteiger partial charge is 0.373 e. The first-order valence-corrected chi connectivity index (χ1v) is 6.69. The number of nitrogens with zero attached hydrogens (tertiary/aromatic N) is 1. The fourth-order valence-electron chi connectivity index (χ4n) is 2.00. The first kappa shape index (κ1) is 14.1. The van der Waals surface area contributed by atoms with E-state index in [1.807, 2.05) is 31.2 Å². The molecule has 0 saturated heterocycles. The Bertz CT molecular complexity index is 623. The molecule has 1 heterocycles.